The maximum atomic E-state index is 9.92. The standard InChI is InChI=1S/C15H14BrN3O/c1-2-19(15-11(9-17)4-3-7-18-15)10-12-8-13(16)5-6-14(12)20/h3-8,20H,2,10H2,1H3. The van der Waals surface area contributed by atoms with E-state index in [0.29, 0.717) is 24.5 Å². The molecule has 0 saturated carbocycles. The van der Waals surface area contributed by atoms with Crippen molar-refractivity contribution in [2.75, 3.05) is 11.4 Å². The first-order chi connectivity index (χ1) is 9.65. The highest BCUT2D eigenvalue weighted by molar-refractivity contribution is 9.10. The maximum Gasteiger partial charge on any atom is 0.146 e. The van der Waals surface area contributed by atoms with Crippen molar-refractivity contribution in [3.8, 4) is 11.8 Å². The van der Waals surface area contributed by atoms with Gasteiger partial charge in [0.2, 0.25) is 0 Å². The minimum atomic E-state index is 0.237. The van der Waals surface area contributed by atoms with Crippen LogP contribution in [-0.4, -0.2) is 16.6 Å². The summed E-state index contributed by atoms with van der Waals surface area (Å²) in [6.07, 6.45) is 1.67. The predicted molar refractivity (Wildman–Crippen MR) is 81.5 cm³/mol. The van der Waals surface area contributed by atoms with Gasteiger partial charge in [0.25, 0.3) is 0 Å². The first-order valence-electron chi connectivity index (χ1n) is 6.23. The highest BCUT2D eigenvalue weighted by Gasteiger charge is 2.13. The van der Waals surface area contributed by atoms with Gasteiger partial charge < -0.3 is 10.0 Å². The Bertz CT molecular complexity index is 652. The van der Waals surface area contributed by atoms with Crippen LogP contribution in [0.5, 0.6) is 5.75 Å². The minimum absolute atomic E-state index is 0.237. The molecule has 0 unspecified atom stereocenters. The van der Waals surface area contributed by atoms with Crippen molar-refractivity contribution in [2.24, 2.45) is 0 Å². The number of aromatic hydroxyl groups is 1. The summed E-state index contributed by atoms with van der Waals surface area (Å²) < 4.78 is 0.905. The van der Waals surface area contributed by atoms with E-state index in [-0.39, 0.29) is 5.75 Å². The number of halogens is 1. The van der Waals surface area contributed by atoms with Crippen molar-refractivity contribution < 1.29 is 5.11 Å². The molecule has 0 aliphatic carbocycles. The van der Waals surface area contributed by atoms with Crippen LogP contribution in [0, 0.1) is 11.3 Å². The molecule has 1 aromatic carbocycles. The molecule has 0 saturated heterocycles. The molecule has 1 N–H and O–H groups in total. The van der Waals surface area contributed by atoms with Gasteiger partial charge >= 0.3 is 0 Å². The molecular weight excluding hydrogens is 318 g/mol. The number of hydrogen-bond acceptors (Lipinski definition) is 4. The molecule has 102 valence electrons. The van der Waals surface area contributed by atoms with Crippen LogP contribution in [0.4, 0.5) is 5.82 Å². The van der Waals surface area contributed by atoms with E-state index < -0.39 is 0 Å². The normalized spacial score (nSPS) is 10.1. The molecule has 1 aromatic heterocycles. The van der Waals surface area contributed by atoms with E-state index in [1.54, 1.807) is 30.5 Å². The number of phenols is 1. The number of nitrogens with zero attached hydrogens (tertiary/aromatic N) is 3. The summed E-state index contributed by atoms with van der Waals surface area (Å²) in [6, 6.07) is 10.9. The zero-order chi connectivity index (χ0) is 14.5. The summed E-state index contributed by atoms with van der Waals surface area (Å²) in [7, 11) is 0. The zero-order valence-corrected chi connectivity index (χ0v) is 12.6. The third kappa shape index (κ3) is 3.09. The summed E-state index contributed by atoms with van der Waals surface area (Å²) in [6.45, 7) is 3.18. The van der Waals surface area contributed by atoms with Crippen LogP contribution in [0.3, 0.4) is 0 Å². The molecule has 0 spiro atoms. The van der Waals surface area contributed by atoms with E-state index in [4.69, 9.17) is 5.26 Å². The second-order valence-electron chi connectivity index (χ2n) is 4.27. The fraction of sp³-hybridized carbons (Fsp3) is 0.200. The quantitative estimate of drug-likeness (QED) is 0.932. The first-order valence-corrected chi connectivity index (χ1v) is 7.02. The lowest BCUT2D eigenvalue weighted by molar-refractivity contribution is 0.467. The Balaban J connectivity index is 2.34. The Labute approximate surface area is 126 Å². The van der Waals surface area contributed by atoms with E-state index in [1.807, 2.05) is 17.9 Å². The fourth-order valence-electron chi connectivity index (χ4n) is 1.96. The number of benzene rings is 1. The Morgan fingerprint density at radius 2 is 2.20 bits per heavy atom. The van der Waals surface area contributed by atoms with Gasteiger partial charge in [-0.2, -0.15) is 5.26 Å². The van der Waals surface area contributed by atoms with E-state index in [2.05, 4.69) is 27.0 Å². The Morgan fingerprint density at radius 3 is 2.90 bits per heavy atom. The van der Waals surface area contributed by atoms with E-state index >= 15 is 0 Å². The third-order valence-corrected chi connectivity index (χ3v) is 3.48. The Morgan fingerprint density at radius 1 is 1.40 bits per heavy atom. The number of nitriles is 1. The number of aromatic nitrogens is 1. The topological polar surface area (TPSA) is 60.1 Å². The van der Waals surface area contributed by atoms with Gasteiger partial charge in [-0.05, 0) is 37.3 Å². The molecule has 1 heterocycles. The monoisotopic (exact) mass is 331 g/mol. The van der Waals surface area contributed by atoms with Crippen molar-refractivity contribution in [1.29, 1.82) is 5.26 Å². The van der Waals surface area contributed by atoms with Gasteiger partial charge in [0.15, 0.2) is 0 Å². The molecule has 0 atom stereocenters. The van der Waals surface area contributed by atoms with Crippen LogP contribution < -0.4 is 4.90 Å². The zero-order valence-electron chi connectivity index (χ0n) is 11.0. The lowest BCUT2D eigenvalue weighted by atomic mass is 10.1. The molecule has 0 bridgehead atoms. The average molecular weight is 332 g/mol. The predicted octanol–water partition coefficient (Wildman–Crippen LogP) is 3.45. The molecule has 0 amide bonds. The van der Waals surface area contributed by atoms with Crippen LogP contribution in [0.1, 0.15) is 18.1 Å². The molecular formula is C15H14BrN3O. The van der Waals surface area contributed by atoms with Gasteiger partial charge in [-0.15, -0.1) is 0 Å². The number of phenolic OH excluding ortho intramolecular Hbond substituents is 1. The molecule has 20 heavy (non-hydrogen) atoms. The van der Waals surface area contributed by atoms with Gasteiger partial charge in [-0.25, -0.2) is 4.98 Å². The Kier molecular flexibility index (Phi) is 4.59. The maximum absolute atomic E-state index is 9.92. The van der Waals surface area contributed by atoms with E-state index in [9.17, 15) is 5.11 Å². The molecule has 2 rings (SSSR count). The summed E-state index contributed by atoms with van der Waals surface area (Å²) in [5.41, 5.74) is 1.32. The molecule has 5 heteroatoms. The molecule has 0 fully saturated rings. The van der Waals surface area contributed by atoms with Gasteiger partial charge in [0.1, 0.15) is 17.6 Å². The average Bonchev–Trinajstić information content (AvgIpc) is 2.48. The number of rotatable bonds is 4. The molecule has 0 aliphatic rings. The highest BCUT2D eigenvalue weighted by atomic mass is 79.9. The van der Waals surface area contributed by atoms with Crippen LogP contribution in [0.15, 0.2) is 41.0 Å². The SMILES string of the molecule is CCN(Cc1cc(Br)ccc1O)c1ncccc1C#N. The van der Waals surface area contributed by atoms with Crippen molar-refractivity contribution >= 4 is 21.7 Å². The van der Waals surface area contributed by atoms with Gasteiger partial charge in [0, 0.05) is 29.3 Å². The van der Waals surface area contributed by atoms with Crippen molar-refractivity contribution in [1.82, 2.24) is 4.98 Å². The summed E-state index contributed by atoms with van der Waals surface area (Å²) in [5.74, 6) is 0.873. The Hall–Kier alpha value is -2.06. The molecule has 0 radical (unpaired) electrons. The lowest BCUT2D eigenvalue weighted by Crippen LogP contribution is -2.24. The fourth-order valence-corrected chi connectivity index (χ4v) is 2.37. The van der Waals surface area contributed by atoms with Crippen LogP contribution >= 0.6 is 15.9 Å². The van der Waals surface area contributed by atoms with Crippen molar-refractivity contribution in [3.05, 3.63) is 52.1 Å². The van der Waals surface area contributed by atoms with E-state index in [1.165, 1.54) is 0 Å². The van der Waals surface area contributed by atoms with Crippen LogP contribution in [0.25, 0.3) is 0 Å². The summed E-state index contributed by atoms with van der Waals surface area (Å²) in [5, 5.41) is 19.1. The van der Waals surface area contributed by atoms with E-state index in [0.717, 1.165) is 10.0 Å². The summed E-state index contributed by atoms with van der Waals surface area (Å²) in [4.78, 5) is 6.24. The summed E-state index contributed by atoms with van der Waals surface area (Å²) >= 11 is 3.39. The number of hydrogen-bond donors (Lipinski definition) is 1. The van der Waals surface area contributed by atoms with Gasteiger partial charge in [-0.1, -0.05) is 15.9 Å². The highest BCUT2D eigenvalue weighted by Crippen LogP contribution is 2.26. The lowest BCUT2D eigenvalue weighted by Gasteiger charge is -2.23. The smallest absolute Gasteiger partial charge is 0.146 e. The molecule has 0 aliphatic heterocycles. The minimum Gasteiger partial charge on any atom is -0.508 e. The van der Waals surface area contributed by atoms with Gasteiger partial charge in [0.05, 0.1) is 5.56 Å². The van der Waals surface area contributed by atoms with Crippen molar-refractivity contribution in [3.63, 3.8) is 0 Å². The second kappa shape index (κ2) is 6.40. The molecule has 2 aromatic rings. The largest absolute Gasteiger partial charge is 0.508 e. The number of anilines is 1. The third-order valence-electron chi connectivity index (χ3n) is 2.99. The van der Waals surface area contributed by atoms with Crippen LogP contribution in [-0.2, 0) is 6.54 Å². The second-order valence-corrected chi connectivity index (χ2v) is 5.19. The first kappa shape index (κ1) is 14.4. The van der Waals surface area contributed by atoms with Crippen molar-refractivity contribution in [2.45, 2.75) is 13.5 Å². The number of pyridine rings is 1. The van der Waals surface area contributed by atoms with Crippen LogP contribution in [0.2, 0.25) is 0 Å². The van der Waals surface area contributed by atoms with Gasteiger partial charge in [-0.3, -0.25) is 0 Å². The molecule has 4 nitrogen and oxygen atoms in total.